The average molecular weight is 203 g/mol. The van der Waals surface area contributed by atoms with Crippen LogP contribution in [-0.2, 0) is 4.79 Å². The summed E-state index contributed by atoms with van der Waals surface area (Å²) in [4.78, 5) is 10.8. The average Bonchev–Trinajstić information content (AvgIpc) is 1.88. The van der Waals surface area contributed by atoms with E-state index in [-0.39, 0.29) is 16.8 Å². The van der Waals surface area contributed by atoms with Crippen molar-refractivity contribution in [3.63, 3.8) is 0 Å². The quantitative estimate of drug-likeness (QED) is 0.551. The molecule has 0 aliphatic rings. The molecule has 54 valence electrons. The van der Waals surface area contributed by atoms with Crippen LogP contribution < -0.4 is 0 Å². The first-order valence-corrected chi connectivity index (χ1v) is 3.79. The first kappa shape index (κ1) is 9.31. The third-order valence-corrected chi connectivity index (χ3v) is 1.57. The summed E-state index contributed by atoms with van der Waals surface area (Å²) < 4.78 is 0. The first-order valence-electron chi connectivity index (χ1n) is 2.66. The lowest BCUT2D eigenvalue weighted by atomic mass is 10.0. The van der Waals surface area contributed by atoms with E-state index in [1.807, 2.05) is 0 Å². The van der Waals surface area contributed by atoms with Gasteiger partial charge in [-0.05, 0) is 6.92 Å². The largest absolute Gasteiger partial charge is 0.308 e. The van der Waals surface area contributed by atoms with Crippen molar-refractivity contribution < 1.29 is 4.79 Å². The minimum Gasteiger partial charge on any atom is -0.308 e. The number of carbonyl (C=O) groups is 1. The molecule has 0 fully saturated rings. The summed E-state index contributed by atoms with van der Waals surface area (Å²) in [7, 11) is 0. The van der Waals surface area contributed by atoms with Gasteiger partial charge in [0.1, 0.15) is 5.92 Å². The number of hydrogen-bond donors (Lipinski definition) is 1. The molecule has 0 amide bonds. The highest BCUT2D eigenvalue weighted by atomic mass is 79.9. The molecule has 0 rings (SSSR count). The molecule has 4 heteroatoms. The number of rotatable bonds is 3. The van der Waals surface area contributed by atoms with Crippen molar-refractivity contribution in [2.45, 2.75) is 6.92 Å². The molecular weight excluding hydrogens is 196 g/mol. The molecule has 0 bridgehead atoms. The molecule has 1 atom stereocenters. The van der Waals surface area contributed by atoms with Crippen molar-refractivity contribution in [3.05, 3.63) is 0 Å². The SMILES string of the molecule is CC(=N)C(C#N)C(=O)CBr. The Kier molecular flexibility index (Phi) is 3.89. The summed E-state index contributed by atoms with van der Waals surface area (Å²) in [5.74, 6) is -1.12. The fraction of sp³-hybridized carbons (Fsp3) is 0.500. The number of hydrogen-bond acceptors (Lipinski definition) is 3. The Bertz CT molecular complexity index is 194. The van der Waals surface area contributed by atoms with Gasteiger partial charge >= 0.3 is 0 Å². The number of carbonyl (C=O) groups excluding carboxylic acids is 1. The van der Waals surface area contributed by atoms with Crippen molar-refractivity contribution in [1.29, 1.82) is 10.7 Å². The van der Waals surface area contributed by atoms with Crippen LogP contribution in [0.2, 0.25) is 0 Å². The van der Waals surface area contributed by atoms with Gasteiger partial charge in [-0.15, -0.1) is 0 Å². The highest BCUT2D eigenvalue weighted by Gasteiger charge is 2.17. The third kappa shape index (κ3) is 2.28. The maximum absolute atomic E-state index is 10.8. The lowest BCUT2D eigenvalue weighted by molar-refractivity contribution is -0.117. The maximum atomic E-state index is 10.8. The van der Waals surface area contributed by atoms with E-state index in [9.17, 15) is 4.79 Å². The summed E-state index contributed by atoms with van der Waals surface area (Å²) in [6, 6.07) is 1.75. The summed E-state index contributed by atoms with van der Waals surface area (Å²) in [6.07, 6.45) is 0. The summed E-state index contributed by atoms with van der Waals surface area (Å²) in [5.41, 5.74) is 0.104. The van der Waals surface area contributed by atoms with Crippen LogP contribution in [0.25, 0.3) is 0 Å². The molecule has 0 saturated carbocycles. The molecule has 0 aromatic heterocycles. The van der Waals surface area contributed by atoms with E-state index in [0.717, 1.165) is 0 Å². The Morgan fingerprint density at radius 1 is 1.90 bits per heavy atom. The van der Waals surface area contributed by atoms with E-state index < -0.39 is 5.92 Å². The number of nitriles is 1. The highest BCUT2D eigenvalue weighted by molar-refractivity contribution is 9.09. The summed E-state index contributed by atoms with van der Waals surface area (Å²) >= 11 is 2.93. The van der Waals surface area contributed by atoms with Gasteiger partial charge in [0, 0.05) is 5.71 Å². The van der Waals surface area contributed by atoms with E-state index in [0.29, 0.717) is 0 Å². The maximum Gasteiger partial charge on any atom is 0.166 e. The lowest BCUT2D eigenvalue weighted by Gasteiger charge is -2.00. The zero-order valence-corrected chi connectivity index (χ0v) is 7.10. The van der Waals surface area contributed by atoms with Crippen LogP contribution >= 0.6 is 15.9 Å². The van der Waals surface area contributed by atoms with E-state index in [1.165, 1.54) is 6.92 Å². The Labute approximate surface area is 67.7 Å². The van der Waals surface area contributed by atoms with E-state index in [1.54, 1.807) is 6.07 Å². The van der Waals surface area contributed by atoms with Crippen LogP contribution in [0.1, 0.15) is 6.92 Å². The molecule has 1 N–H and O–H groups in total. The van der Waals surface area contributed by atoms with Crippen molar-refractivity contribution in [2.75, 3.05) is 5.33 Å². The predicted octanol–water partition coefficient (Wildman–Crippen LogP) is 1.13. The molecule has 0 radical (unpaired) electrons. The van der Waals surface area contributed by atoms with Crippen LogP contribution in [-0.4, -0.2) is 16.8 Å². The second-order valence-electron chi connectivity index (χ2n) is 1.85. The topological polar surface area (TPSA) is 64.7 Å². The van der Waals surface area contributed by atoms with E-state index in [2.05, 4.69) is 15.9 Å². The minimum atomic E-state index is -0.862. The van der Waals surface area contributed by atoms with Crippen molar-refractivity contribution in [2.24, 2.45) is 5.92 Å². The van der Waals surface area contributed by atoms with Crippen molar-refractivity contribution in [3.8, 4) is 6.07 Å². The van der Waals surface area contributed by atoms with Gasteiger partial charge in [-0.3, -0.25) is 4.79 Å². The number of Topliss-reactive ketones (excluding diaryl/α,β-unsaturated/α-hetero) is 1. The number of halogens is 1. The van der Waals surface area contributed by atoms with E-state index >= 15 is 0 Å². The van der Waals surface area contributed by atoms with Crippen LogP contribution in [0.3, 0.4) is 0 Å². The summed E-state index contributed by atoms with van der Waals surface area (Å²) in [6.45, 7) is 1.45. The predicted molar refractivity (Wildman–Crippen MR) is 41.3 cm³/mol. The fourth-order valence-electron chi connectivity index (χ4n) is 0.487. The molecule has 0 aliphatic heterocycles. The molecule has 3 nitrogen and oxygen atoms in total. The van der Waals surface area contributed by atoms with Gasteiger partial charge < -0.3 is 5.41 Å². The molecule has 0 heterocycles. The van der Waals surface area contributed by atoms with Gasteiger partial charge in [-0.25, -0.2) is 0 Å². The van der Waals surface area contributed by atoms with Crippen molar-refractivity contribution >= 4 is 27.4 Å². The molecular formula is C6H7BrN2O. The number of nitrogens with one attached hydrogen (secondary N) is 1. The monoisotopic (exact) mass is 202 g/mol. The third-order valence-electron chi connectivity index (χ3n) is 1.02. The number of alkyl halides is 1. The Morgan fingerprint density at radius 2 is 2.40 bits per heavy atom. The van der Waals surface area contributed by atoms with Gasteiger partial charge in [0.2, 0.25) is 0 Å². The number of nitrogens with zero attached hydrogens (tertiary/aromatic N) is 1. The summed E-state index contributed by atoms with van der Waals surface area (Å²) in [5, 5.41) is 15.5. The molecule has 1 unspecified atom stereocenters. The zero-order valence-electron chi connectivity index (χ0n) is 5.52. The van der Waals surface area contributed by atoms with Crippen molar-refractivity contribution in [1.82, 2.24) is 0 Å². The van der Waals surface area contributed by atoms with E-state index in [4.69, 9.17) is 10.7 Å². The highest BCUT2D eigenvalue weighted by Crippen LogP contribution is 2.00. The number of ketones is 1. The molecule has 0 aliphatic carbocycles. The minimum absolute atomic E-state index is 0.104. The Balaban J connectivity index is 4.25. The normalized spacial score (nSPS) is 11.7. The molecule has 0 saturated heterocycles. The Hall–Kier alpha value is -0.690. The second kappa shape index (κ2) is 4.18. The van der Waals surface area contributed by atoms with Crippen LogP contribution in [0, 0.1) is 22.7 Å². The Morgan fingerprint density at radius 3 is 2.50 bits per heavy atom. The van der Waals surface area contributed by atoms with Crippen LogP contribution in [0.4, 0.5) is 0 Å². The molecule has 10 heavy (non-hydrogen) atoms. The van der Waals surface area contributed by atoms with Gasteiger partial charge in [0.15, 0.2) is 5.78 Å². The van der Waals surface area contributed by atoms with Crippen LogP contribution in [0.5, 0.6) is 0 Å². The van der Waals surface area contributed by atoms with Gasteiger partial charge in [-0.2, -0.15) is 5.26 Å². The smallest absolute Gasteiger partial charge is 0.166 e. The lowest BCUT2D eigenvalue weighted by Crippen LogP contribution is -2.20. The van der Waals surface area contributed by atoms with Gasteiger partial charge in [0.05, 0.1) is 11.4 Å². The zero-order chi connectivity index (χ0) is 8.15. The second-order valence-corrected chi connectivity index (χ2v) is 2.41. The molecule has 0 aromatic carbocycles. The van der Waals surface area contributed by atoms with Crippen LogP contribution in [0.15, 0.2) is 0 Å². The molecule has 0 spiro atoms. The van der Waals surface area contributed by atoms with Gasteiger partial charge in [0.25, 0.3) is 0 Å². The molecule has 0 aromatic rings. The van der Waals surface area contributed by atoms with Gasteiger partial charge in [-0.1, -0.05) is 15.9 Å². The first-order chi connectivity index (χ1) is 4.63. The fourth-order valence-corrected chi connectivity index (χ4v) is 0.811. The standard InChI is InChI=1S/C6H7BrN2O/c1-4(9)5(3-8)6(10)2-7/h5,9H,2H2,1H3.